The van der Waals surface area contributed by atoms with Crippen LogP contribution in [-0.2, 0) is 0 Å². The molecular formula is C21H28N2O7. The second-order valence-electron chi connectivity index (χ2n) is 6.34. The van der Waals surface area contributed by atoms with E-state index < -0.39 is 11.9 Å². The second-order valence-corrected chi connectivity index (χ2v) is 6.34. The third-order valence-electron chi connectivity index (χ3n) is 3.31. The predicted molar refractivity (Wildman–Crippen MR) is 113 cm³/mol. The molecule has 0 aliphatic rings. The number of carboxylic acids is 1. The molecule has 0 saturated heterocycles. The van der Waals surface area contributed by atoms with Crippen molar-refractivity contribution in [2.24, 2.45) is 11.7 Å². The van der Waals surface area contributed by atoms with Crippen molar-refractivity contribution in [3.05, 3.63) is 60.2 Å². The van der Waals surface area contributed by atoms with Gasteiger partial charge in [0.25, 0.3) is 5.91 Å². The highest BCUT2D eigenvalue weighted by Crippen LogP contribution is 2.22. The number of aromatic carboxylic acids is 1. The number of phenols is 4. The Bertz CT molecular complexity index is 851. The average Bonchev–Trinajstić information content (AvgIpc) is 2.70. The van der Waals surface area contributed by atoms with Crippen molar-refractivity contribution in [1.29, 1.82) is 0 Å². The third-order valence-corrected chi connectivity index (χ3v) is 3.31. The van der Waals surface area contributed by atoms with Crippen molar-refractivity contribution in [1.82, 2.24) is 5.32 Å². The first kappa shape index (κ1) is 26.3. The summed E-state index contributed by atoms with van der Waals surface area (Å²) in [6.07, 6.45) is 1.53. The summed E-state index contributed by atoms with van der Waals surface area (Å²) in [5.74, 6) is -1.81. The van der Waals surface area contributed by atoms with Crippen LogP contribution < -0.4 is 11.1 Å². The van der Waals surface area contributed by atoms with Gasteiger partial charge < -0.3 is 36.6 Å². The van der Waals surface area contributed by atoms with E-state index in [0.717, 1.165) is 18.7 Å². The van der Waals surface area contributed by atoms with E-state index in [0.29, 0.717) is 12.5 Å². The fourth-order valence-electron chi connectivity index (χ4n) is 1.66. The van der Waals surface area contributed by atoms with Crippen LogP contribution in [-0.4, -0.2) is 50.5 Å². The van der Waals surface area contributed by atoms with Crippen LogP contribution in [0.2, 0.25) is 0 Å². The topological polar surface area (TPSA) is 173 Å². The summed E-state index contributed by atoms with van der Waals surface area (Å²) in [6.45, 7) is 8.75. The molecule has 8 N–H and O–H groups in total. The van der Waals surface area contributed by atoms with Gasteiger partial charge in [0.1, 0.15) is 28.6 Å². The lowest BCUT2D eigenvalue weighted by atomic mass is 10.2. The minimum absolute atomic E-state index is 0.0480. The summed E-state index contributed by atoms with van der Waals surface area (Å²) in [7, 11) is 0. The van der Waals surface area contributed by atoms with Crippen LogP contribution in [0.1, 0.15) is 34.6 Å². The summed E-state index contributed by atoms with van der Waals surface area (Å²) in [4.78, 5) is 21.6. The lowest BCUT2D eigenvalue weighted by Crippen LogP contribution is -2.23. The Kier molecular flexibility index (Phi) is 11.8. The van der Waals surface area contributed by atoms with Crippen LogP contribution in [0.25, 0.3) is 0 Å². The molecule has 9 heteroatoms. The van der Waals surface area contributed by atoms with Crippen molar-refractivity contribution in [2.45, 2.75) is 13.8 Å². The molecule has 0 aromatic heterocycles. The summed E-state index contributed by atoms with van der Waals surface area (Å²) in [6, 6.07) is 7.09. The Morgan fingerprint density at radius 1 is 1.00 bits per heavy atom. The molecule has 0 spiro atoms. The number of hydrogen-bond donors (Lipinski definition) is 7. The number of benzene rings is 2. The number of rotatable bonds is 5. The van der Waals surface area contributed by atoms with Gasteiger partial charge in [-0.1, -0.05) is 19.9 Å². The van der Waals surface area contributed by atoms with E-state index in [2.05, 4.69) is 25.7 Å². The van der Waals surface area contributed by atoms with Crippen LogP contribution in [0.3, 0.4) is 0 Å². The maximum absolute atomic E-state index is 11.3. The van der Waals surface area contributed by atoms with Gasteiger partial charge in [-0.15, -0.1) is 6.58 Å². The Morgan fingerprint density at radius 2 is 1.43 bits per heavy atom. The number of carbonyl (C=O) groups is 2. The normalized spacial score (nSPS) is 9.47. The van der Waals surface area contributed by atoms with Gasteiger partial charge >= 0.3 is 5.97 Å². The first-order valence-corrected chi connectivity index (χ1v) is 8.89. The van der Waals surface area contributed by atoms with E-state index >= 15 is 0 Å². The molecule has 0 radical (unpaired) electrons. The number of aromatic hydroxyl groups is 4. The van der Waals surface area contributed by atoms with Crippen LogP contribution in [0.4, 0.5) is 0 Å². The van der Waals surface area contributed by atoms with Crippen molar-refractivity contribution in [2.75, 3.05) is 13.1 Å². The molecule has 9 nitrogen and oxygen atoms in total. The highest BCUT2D eigenvalue weighted by atomic mass is 16.4. The summed E-state index contributed by atoms with van der Waals surface area (Å²) < 4.78 is 0. The van der Waals surface area contributed by atoms with Gasteiger partial charge in [-0.05, 0) is 48.9 Å². The molecule has 0 unspecified atom stereocenters. The molecule has 0 atom stereocenters. The average molecular weight is 420 g/mol. The van der Waals surface area contributed by atoms with Gasteiger partial charge in [-0.3, -0.25) is 4.79 Å². The highest BCUT2D eigenvalue weighted by Gasteiger charge is 2.10. The first-order chi connectivity index (χ1) is 14.0. The van der Waals surface area contributed by atoms with Crippen molar-refractivity contribution in [3.63, 3.8) is 0 Å². The minimum atomic E-state index is -1.27. The molecule has 0 fully saturated rings. The lowest BCUT2D eigenvalue weighted by Gasteiger charge is -2.04. The van der Waals surface area contributed by atoms with Crippen molar-refractivity contribution < 1.29 is 35.1 Å². The summed E-state index contributed by atoms with van der Waals surface area (Å²) >= 11 is 0. The van der Waals surface area contributed by atoms with Gasteiger partial charge in [0.15, 0.2) is 0 Å². The number of carboxylic acid groups (broad SMARTS) is 1. The highest BCUT2D eigenvalue weighted by molar-refractivity contribution is 5.97. The zero-order chi connectivity index (χ0) is 23.3. The number of phenolic OH excluding ortho intramolecular Hbond substituents is 3. The molecule has 1 amide bonds. The molecule has 0 heterocycles. The van der Waals surface area contributed by atoms with Crippen molar-refractivity contribution in [3.8, 4) is 23.0 Å². The molecular weight excluding hydrogens is 392 g/mol. The van der Waals surface area contributed by atoms with Gasteiger partial charge in [0.05, 0.1) is 5.56 Å². The molecule has 0 aliphatic carbocycles. The van der Waals surface area contributed by atoms with Crippen molar-refractivity contribution >= 4 is 11.9 Å². The standard InChI is InChI=1S/C10H11NO3.C7H6O4.C4H11N/c1-2-5-11-10(14)8-6-7(12)3-4-9(8)13;8-4-1-2-6(9)5(3-4)7(10)11;1-4(2)3-5/h2-4,6,12-13H,1,5H2,(H,11,14);1-3,8-9H,(H,10,11);4H,3,5H2,1-2H3. The zero-order valence-corrected chi connectivity index (χ0v) is 16.9. The fraction of sp³-hybridized carbons (Fsp3) is 0.238. The number of amides is 1. The van der Waals surface area contributed by atoms with Crippen LogP contribution >= 0.6 is 0 Å². The summed E-state index contributed by atoms with van der Waals surface area (Å²) in [5.41, 5.74) is 4.92. The Labute approximate surface area is 174 Å². The maximum Gasteiger partial charge on any atom is 0.339 e. The van der Waals surface area contributed by atoms with Gasteiger partial charge in [-0.2, -0.15) is 0 Å². The monoisotopic (exact) mass is 420 g/mol. The molecule has 0 aliphatic heterocycles. The van der Waals surface area contributed by atoms with Gasteiger partial charge in [0, 0.05) is 6.54 Å². The Morgan fingerprint density at radius 3 is 1.80 bits per heavy atom. The van der Waals surface area contributed by atoms with Gasteiger partial charge in [-0.25, -0.2) is 4.79 Å². The molecule has 2 aromatic carbocycles. The predicted octanol–water partition coefficient (Wildman–Crippen LogP) is 2.41. The van der Waals surface area contributed by atoms with E-state index in [-0.39, 0.29) is 34.1 Å². The minimum Gasteiger partial charge on any atom is -0.508 e. The van der Waals surface area contributed by atoms with E-state index in [1.807, 2.05) is 0 Å². The quantitative estimate of drug-likeness (QED) is 0.285. The lowest BCUT2D eigenvalue weighted by molar-refractivity contribution is 0.0693. The Balaban J connectivity index is 0.000000468. The van der Waals surface area contributed by atoms with E-state index in [4.69, 9.17) is 26.2 Å². The first-order valence-electron chi connectivity index (χ1n) is 8.89. The molecule has 0 bridgehead atoms. The third kappa shape index (κ3) is 10.00. The number of hydrogen-bond acceptors (Lipinski definition) is 7. The summed E-state index contributed by atoms with van der Waals surface area (Å²) in [5, 5.41) is 47.0. The van der Waals surface area contributed by atoms with Crippen LogP contribution in [0.5, 0.6) is 23.0 Å². The molecule has 2 rings (SSSR count). The van der Waals surface area contributed by atoms with E-state index in [9.17, 15) is 14.7 Å². The number of nitrogens with two attached hydrogens (primary N) is 1. The molecule has 164 valence electrons. The van der Waals surface area contributed by atoms with E-state index in [1.165, 1.54) is 30.3 Å². The largest absolute Gasteiger partial charge is 0.508 e. The smallest absolute Gasteiger partial charge is 0.339 e. The molecule has 0 saturated carbocycles. The second kappa shape index (κ2) is 13.5. The van der Waals surface area contributed by atoms with Gasteiger partial charge in [0.2, 0.25) is 0 Å². The Hall–Kier alpha value is -3.72. The maximum atomic E-state index is 11.3. The molecule has 30 heavy (non-hydrogen) atoms. The molecule has 2 aromatic rings. The van der Waals surface area contributed by atoms with Crippen LogP contribution in [0.15, 0.2) is 49.1 Å². The fourth-order valence-corrected chi connectivity index (χ4v) is 1.66. The zero-order valence-electron chi connectivity index (χ0n) is 16.9. The SMILES string of the molecule is C=CCNC(=O)c1cc(O)ccc1O.CC(C)CN.O=C(O)c1cc(O)ccc1O. The number of carbonyl (C=O) groups excluding carboxylic acids is 1. The number of nitrogens with one attached hydrogen (secondary N) is 1. The van der Waals surface area contributed by atoms with Crippen LogP contribution in [0, 0.1) is 5.92 Å². The van der Waals surface area contributed by atoms with E-state index in [1.54, 1.807) is 0 Å².